The SMILES string of the molecule is CC(C)(C)c1noc(-c2ccsc2N)n1. The van der Waals surface area contributed by atoms with Crippen LogP contribution in [0.15, 0.2) is 16.0 Å². The van der Waals surface area contributed by atoms with E-state index in [0.717, 1.165) is 5.56 Å². The zero-order valence-corrected chi connectivity index (χ0v) is 9.76. The molecule has 2 heterocycles. The lowest BCUT2D eigenvalue weighted by molar-refractivity contribution is 0.402. The highest BCUT2D eigenvalue weighted by Crippen LogP contribution is 2.30. The second-order valence-corrected chi connectivity index (χ2v) is 5.32. The molecule has 0 aliphatic carbocycles. The van der Waals surface area contributed by atoms with E-state index < -0.39 is 0 Å². The average Bonchev–Trinajstić information content (AvgIpc) is 2.69. The summed E-state index contributed by atoms with van der Waals surface area (Å²) in [4.78, 5) is 4.33. The van der Waals surface area contributed by atoms with Crippen LogP contribution in [-0.4, -0.2) is 10.1 Å². The zero-order valence-electron chi connectivity index (χ0n) is 8.94. The van der Waals surface area contributed by atoms with Crippen LogP contribution in [-0.2, 0) is 5.41 Å². The van der Waals surface area contributed by atoms with E-state index in [2.05, 4.69) is 10.1 Å². The summed E-state index contributed by atoms with van der Waals surface area (Å²) < 4.78 is 5.18. The van der Waals surface area contributed by atoms with Crippen LogP contribution in [0.25, 0.3) is 11.5 Å². The molecule has 0 aromatic carbocycles. The van der Waals surface area contributed by atoms with Crippen molar-refractivity contribution >= 4 is 16.3 Å². The number of hydrogen-bond donors (Lipinski definition) is 1. The third-order valence-electron chi connectivity index (χ3n) is 2.02. The van der Waals surface area contributed by atoms with Gasteiger partial charge in [-0.2, -0.15) is 4.98 Å². The second kappa shape index (κ2) is 3.34. The van der Waals surface area contributed by atoms with Gasteiger partial charge in [-0.05, 0) is 11.4 Å². The first-order valence-corrected chi connectivity index (χ1v) is 5.54. The largest absolute Gasteiger partial charge is 0.390 e. The van der Waals surface area contributed by atoms with Crippen LogP contribution in [0.4, 0.5) is 5.00 Å². The minimum atomic E-state index is -0.105. The molecule has 0 amide bonds. The highest BCUT2D eigenvalue weighted by molar-refractivity contribution is 7.14. The van der Waals surface area contributed by atoms with E-state index in [0.29, 0.717) is 16.7 Å². The molecule has 5 heteroatoms. The van der Waals surface area contributed by atoms with Gasteiger partial charge in [-0.1, -0.05) is 25.9 Å². The first-order chi connectivity index (χ1) is 6.98. The maximum absolute atomic E-state index is 5.78. The van der Waals surface area contributed by atoms with Crippen molar-refractivity contribution in [2.45, 2.75) is 26.2 Å². The van der Waals surface area contributed by atoms with E-state index in [-0.39, 0.29) is 5.41 Å². The van der Waals surface area contributed by atoms with Crippen molar-refractivity contribution in [2.75, 3.05) is 5.73 Å². The summed E-state index contributed by atoms with van der Waals surface area (Å²) >= 11 is 1.47. The molecule has 0 saturated carbocycles. The summed E-state index contributed by atoms with van der Waals surface area (Å²) in [5, 5.41) is 6.56. The van der Waals surface area contributed by atoms with Gasteiger partial charge in [0, 0.05) is 5.41 Å². The molecule has 2 N–H and O–H groups in total. The molecule has 0 unspecified atom stereocenters. The van der Waals surface area contributed by atoms with Crippen molar-refractivity contribution in [2.24, 2.45) is 0 Å². The molecule has 0 aliphatic heterocycles. The van der Waals surface area contributed by atoms with Crippen LogP contribution in [0.3, 0.4) is 0 Å². The Balaban J connectivity index is 2.41. The van der Waals surface area contributed by atoms with Gasteiger partial charge in [0.1, 0.15) is 0 Å². The Morgan fingerprint density at radius 1 is 1.40 bits per heavy atom. The monoisotopic (exact) mass is 223 g/mol. The number of thiophene rings is 1. The number of anilines is 1. The first kappa shape index (κ1) is 10.2. The molecule has 0 bridgehead atoms. The molecule has 0 radical (unpaired) electrons. The fraction of sp³-hybridized carbons (Fsp3) is 0.400. The molecule has 0 aliphatic rings. The molecule has 2 aromatic heterocycles. The highest BCUT2D eigenvalue weighted by Gasteiger charge is 2.22. The van der Waals surface area contributed by atoms with Gasteiger partial charge in [-0.3, -0.25) is 0 Å². The molecule has 4 nitrogen and oxygen atoms in total. The maximum Gasteiger partial charge on any atom is 0.260 e. The van der Waals surface area contributed by atoms with Crippen molar-refractivity contribution in [1.82, 2.24) is 10.1 Å². The summed E-state index contributed by atoms with van der Waals surface area (Å²) in [7, 11) is 0. The van der Waals surface area contributed by atoms with E-state index in [9.17, 15) is 0 Å². The number of rotatable bonds is 1. The summed E-state index contributed by atoms with van der Waals surface area (Å²) in [5.74, 6) is 1.20. The number of nitrogen functional groups attached to an aromatic ring is 1. The fourth-order valence-corrected chi connectivity index (χ4v) is 1.77. The third kappa shape index (κ3) is 1.87. The molecule has 0 fully saturated rings. The molecule has 2 rings (SSSR count). The first-order valence-electron chi connectivity index (χ1n) is 4.66. The lowest BCUT2D eigenvalue weighted by atomic mass is 9.96. The van der Waals surface area contributed by atoms with E-state index in [1.165, 1.54) is 11.3 Å². The summed E-state index contributed by atoms with van der Waals surface area (Å²) in [5.41, 5.74) is 6.50. The Morgan fingerprint density at radius 3 is 2.60 bits per heavy atom. The van der Waals surface area contributed by atoms with Crippen molar-refractivity contribution < 1.29 is 4.52 Å². The summed E-state index contributed by atoms with van der Waals surface area (Å²) in [6.45, 7) is 6.12. The van der Waals surface area contributed by atoms with Crippen molar-refractivity contribution in [3.63, 3.8) is 0 Å². The quantitative estimate of drug-likeness (QED) is 0.807. The van der Waals surface area contributed by atoms with Crippen LogP contribution in [0.2, 0.25) is 0 Å². The summed E-state index contributed by atoms with van der Waals surface area (Å²) in [6, 6.07) is 1.89. The maximum atomic E-state index is 5.78. The predicted octanol–water partition coefficient (Wildman–Crippen LogP) is 2.68. The zero-order chi connectivity index (χ0) is 11.1. The van der Waals surface area contributed by atoms with Crippen molar-refractivity contribution in [3.05, 3.63) is 17.3 Å². The highest BCUT2D eigenvalue weighted by atomic mass is 32.1. The normalized spacial score (nSPS) is 11.9. The Labute approximate surface area is 92.1 Å². The molecule has 0 spiro atoms. The van der Waals surface area contributed by atoms with Crippen molar-refractivity contribution in [3.8, 4) is 11.5 Å². The molecule has 15 heavy (non-hydrogen) atoms. The lowest BCUT2D eigenvalue weighted by Crippen LogP contribution is -2.13. The fourth-order valence-electron chi connectivity index (χ4n) is 1.14. The molecular weight excluding hydrogens is 210 g/mol. The van der Waals surface area contributed by atoms with Crippen LogP contribution in [0.1, 0.15) is 26.6 Å². The van der Waals surface area contributed by atoms with Gasteiger partial charge in [-0.15, -0.1) is 11.3 Å². The second-order valence-electron chi connectivity index (χ2n) is 4.37. The van der Waals surface area contributed by atoms with Crippen LogP contribution in [0.5, 0.6) is 0 Å². The molecule has 80 valence electrons. The number of nitrogens with zero attached hydrogens (tertiary/aromatic N) is 2. The van der Waals surface area contributed by atoms with Gasteiger partial charge in [0.25, 0.3) is 5.89 Å². The standard InChI is InChI=1S/C10H13N3OS/c1-10(2,3)9-12-8(14-13-9)6-4-5-15-7(6)11/h4-5H,11H2,1-3H3. The third-order valence-corrected chi connectivity index (χ3v) is 2.77. The van der Waals surface area contributed by atoms with Gasteiger partial charge in [-0.25, -0.2) is 0 Å². The van der Waals surface area contributed by atoms with Crippen LogP contribution in [0, 0.1) is 0 Å². The van der Waals surface area contributed by atoms with Crippen molar-refractivity contribution in [1.29, 1.82) is 0 Å². The van der Waals surface area contributed by atoms with Gasteiger partial charge in [0.05, 0.1) is 10.6 Å². The van der Waals surface area contributed by atoms with Gasteiger partial charge in [0.2, 0.25) is 0 Å². The van der Waals surface area contributed by atoms with E-state index in [1.807, 2.05) is 32.2 Å². The van der Waals surface area contributed by atoms with Crippen LogP contribution >= 0.6 is 11.3 Å². The Bertz CT molecular complexity index is 467. The van der Waals surface area contributed by atoms with E-state index in [1.54, 1.807) is 0 Å². The number of hydrogen-bond acceptors (Lipinski definition) is 5. The smallest absolute Gasteiger partial charge is 0.260 e. The van der Waals surface area contributed by atoms with Gasteiger partial charge in [0.15, 0.2) is 5.82 Å². The topological polar surface area (TPSA) is 64.9 Å². The lowest BCUT2D eigenvalue weighted by Gasteiger charge is -2.10. The van der Waals surface area contributed by atoms with E-state index >= 15 is 0 Å². The summed E-state index contributed by atoms with van der Waals surface area (Å²) in [6.07, 6.45) is 0. The van der Waals surface area contributed by atoms with Gasteiger partial charge >= 0.3 is 0 Å². The van der Waals surface area contributed by atoms with E-state index in [4.69, 9.17) is 10.3 Å². The Morgan fingerprint density at radius 2 is 2.13 bits per heavy atom. The average molecular weight is 223 g/mol. The molecule has 0 saturated heterocycles. The molecule has 0 atom stereocenters. The number of aromatic nitrogens is 2. The minimum absolute atomic E-state index is 0.105. The Hall–Kier alpha value is -1.36. The van der Waals surface area contributed by atoms with Crippen LogP contribution < -0.4 is 5.73 Å². The Kier molecular flexibility index (Phi) is 2.26. The number of nitrogens with two attached hydrogens (primary N) is 1. The predicted molar refractivity (Wildman–Crippen MR) is 60.7 cm³/mol. The van der Waals surface area contributed by atoms with Gasteiger partial charge < -0.3 is 10.3 Å². The minimum Gasteiger partial charge on any atom is -0.390 e. The molecular formula is C10H13N3OS. The molecule has 2 aromatic rings.